The number of amides is 1. The van der Waals surface area contributed by atoms with Gasteiger partial charge < -0.3 is 10.1 Å². The smallest absolute Gasteiger partial charge is 0.406 e. The van der Waals surface area contributed by atoms with Crippen molar-refractivity contribution < 1.29 is 27.1 Å². The highest BCUT2D eigenvalue weighted by Crippen LogP contribution is 2.24. The third kappa shape index (κ3) is 5.69. The van der Waals surface area contributed by atoms with E-state index in [2.05, 4.69) is 20.1 Å². The molecule has 0 aliphatic heterocycles. The minimum atomic E-state index is -4.79. The van der Waals surface area contributed by atoms with Crippen LogP contribution < -0.4 is 10.1 Å². The predicted molar refractivity (Wildman–Crippen MR) is 100 cm³/mol. The number of ether oxygens (including phenoxy) is 1. The summed E-state index contributed by atoms with van der Waals surface area (Å²) in [4.78, 5) is 16.4. The van der Waals surface area contributed by atoms with E-state index in [0.29, 0.717) is 17.0 Å². The molecule has 6 nitrogen and oxygen atoms in total. The highest BCUT2D eigenvalue weighted by atomic mass is 35.5. The lowest BCUT2D eigenvalue weighted by Crippen LogP contribution is -2.28. The zero-order valence-corrected chi connectivity index (χ0v) is 16.3. The molecule has 0 bridgehead atoms. The monoisotopic (exact) mass is 442 g/mol. The maximum atomic E-state index is 13.6. The molecule has 0 radical (unpaired) electrons. The van der Waals surface area contributed by atoms with Crippen molar-refractivity contribution in [1.29, 1.82) is 0 Å². The quantitative estimate of drug-likeness (QED) is 0.579. The lowest BCUT2D eigenvalue weighted by Gasteiger charge is -2.10. The van der Waals surface area contributed by atoms with Crippen LogP contribution in [0, 0.1) is 12.7 Å². The van der Waals surface area contributed by atoms with Crippen LogP contribution in [-0.2, 0) is 17.9 Å². The summed E-state index contributed by atoms with van der Waals surface area (Å²) < 4.78 is 55.7. The Balaban J connectivity index is 1.62. The molecule has 0 fully saturated rings. The summed E-state index contributed by atoms with van der Waals surface area (Å²) in [5, 5.41) is 6.75. The number of hydrogen-bond acceptors (Lipinski definition) is 4. The molecule has 2 aromatic carbocycles. The number of halogens is 5. The van der Waals surface area contributed by atoms with Crippen LogP contribution in [-0.4, -0.2) is 27.0 Å². The highest BCUT2D eigenvalue weighted by Gasteiger charge is 2.31. The summed E-state index contributed by atoms with van der Waals surface area (Å²) in [5.41, 5.74) is 0.832. The van der Waals surface area contributed by atoms with Gasteiger partial charge in [-0.3, -0.25) is 4.79 Å². The van der Waals surface area contributed by atoms with Crippen LogP contribution in [0.1, 0.15) is 11.4 Å². The molecular weight excluding hydrogens is 428 g/mol. The Hall–Kier alpha value is -3.14. The normalized spacial score (nSPS) is 11.4. The molecule has 1 heterocycles. The molecule has 1 amide bonds. The van der Waals surface area contributed by atoms with E-state index >= 15 is 0 Å². The van der Waals surface area contributed by atoms with Crippen LogP contribution in [0.5, 0.6) is 5.75 Å². The van der Waals surface area contributed by atoms with E-state index in [1.165, 1.54) is 35.0 Å². The number of benzene rings is 2. The molecule has 0 saturated heterocycles. The molecule has 0 spiro atoms. The van der Waals surface area contributed by atoms with Crippen LogP contribution in [0.15, 0.2) is 42.5 Å². The number of alkyl halides is 3. The average molecular weight is 443 g/mol. The minimum Gasteiger partial charge on any atom is -0.406 e. The Bertz CT molecular complexity index is 1070. The van der Waals surface area contributed by atoms with Gasteiger partial charge in [-0.05, 0) is 42.8 Å². The van der Waals surface area contributed by atoms with Gasteiger partial charge in [0.25, 0.3) is 0 Å². The average Bonchev–Trinajstić information content (AvgIpc) is 3.01. The van der Waals surface area contributed by atoms with Gasteiger partial charge >= 0.3 is 6.36 Å². The fraction of sp³-hybridized carbons (Fsp3) is 0.211. The van der Waals surface area contributed by atoms with E-state index in [4.69, 9.17) is 11.6 Å². The van der Waals surface area contributed by atoms with E-state index < -0.39 is 18.1 Å². The molecule has 0 saturated carbocycles. The topological polar surface area (TPSA) is 69.0 Å². The number of carbonyl (C=O) groups excluding carboxylic acids is 1. The lowest BCUT2D eigenvalue weighted by atomic mass is 10.2. The van der Waals surface area contributed by atoms with Crippen LogP contribution in [0.4, 0.5) is 17.6 Å². The summed E-state index contributed by atoms with van der Waals surface area (Å²) in [6.07, 6.45) is -4.79. The Morgan fingerprint density at radius 1 is 1.23 bits per heavy atom. The second-order valence-electron chi connectivity index (χ2n) is 6.24. The van der Waals surface area contributed by atoms with Crippen molar-refractivity contribution in [1.82, 2.24) is 20.1 Å². The maximum Gasteiger partial charge on any atom is 0.573 e. The van der Waals surface area contributed by atoms with Gasteiger partial charge in [0, 0.05) is 12.1 Å². The molecule has 0 unspecified atom stereocenters. The lowest BCUT2D eigenvalue weighted by molar-refractivity contribution is -0.274. The second kappa shape index (κ2) is 8.70. The standard InChI is InChI=1S/C19H15ClF4N4O2/c1-11-26-18(13-5-6-15(20)16(21)8-13)27-28(11)10-17(29)25-9-12-3-2-4-14(7-12)30-19(22,23)24/h2-8H,9-10H2,1H3,(H,25,29). The summed E-state index contributed by atoms with van der Waals surface area (Å²) in [6.45, 7) is 1.46. The minimum absolute atomic E-state index is 0.00309. The SMILES string of the molecule is Cc1nc(-c2ccc(Cl)c(F)c2)nn1CC(=O)NCc1cccc(OC(F)(F)F)c1. The summed E-state index contributed by atoms with van der Waals surface area (Å²) in [7, 11) is 0. The van der Waals surface area contributed by atoms with Gasteiger partial charge in [-0.25, -0.2) is 14.1 Å². The molecule has 11 heteroatoms. The number of nitrogens with one attached hydrogen (secondary N) is 1. The van der Waals surface area contributed by atoms with Crippen LogP contribution >= 0.6 is 11.6 Å². The van der Waals surface area contributed by atoms with Gasteiger partial charge in [-0.2, -0.15) is 5.10 Å². The summed E-state index contributed by atoms with van der Waals surface area (Å²) in [6, 6.07) is 9.42. The van der Waals surface area contributed by atoms with Gasteiger partial charge in [0.2, 0.25) is 5.91 Å². The molecule has 1 aromatic heterocycles. The second-order valence-corrected chi connectivity index (χ2v) is 6.65. The number of aromatic nitrogens is 3. The fourth-order valence-electron chi connectivity index (χ4n) is 2.57. The molecule has 0 aliphatic carbocycles. The van der Waals surface area contributed by atoms with Crippen molar-refractivity contribution in [2.75, 3.05) is 0 Å². The first-order valence-electron chi connectivity index (χ1n) is 8.59. The van der Waals surface area contributed by atoms with E-state index in [1.54, 1.807) is 19.1 Å². The number of hydrogen-bond donors (Lipinski definition) is 1. The largest absolute Gasteiger partial charge is 0.573 e. The number of nitrogens with zero attached hydrogens (tertiary/aromatic N) is 3. The summed E-state index contributed by atoms with van der Waals surface area (Å²) >= 11 is 5.66. The Morgan fingerprint density at radius 3 is 2.70 bits per heavy atom. The van der Waals surface area contributed by atoms with Gasteiger partial charge in [0.15, 0.2) is 5.82 Å². The third-order valence-corrected chi connectivity index (χ3v) is 4.26. The van der Waals surface area contributed by atoms with Crippen molar-refractivity contribution in [3.05, 3.63) is 64.7 Å². The molecule has 3 aromatic rings. The van der Waals surface area contributed by atoms with E-state index in [-0.39, 0.29) is 29.7 Å². The molecular formula is C19H15ClF4N4O2. The van der Waals surface area contributed by atoms with E-state index in [9.17, 15) is 22.4 Å². The van der Waals surface area contributed by atoms with Crippen molar-refractivity contribution in [2.45, 2.75) is 26.4 Å². The highest BCUT2D eigenvalue weighted by molar-refractivity contribution is 6.30. The van der Waals surface area contributed by atoms with Gasteiger partial charge in [0.05, 0.1) is 5.02 Å². The first kappa shape index (κ1) is 21.6. The molecule has 0 aliphatic rings. The van der Waals surface area contributed by atoms with E-state index in [1.807, 2.05) is 0 Å². The van der Waals surface area contributed by atoms with Crippen molar-refractivity contribution in [3.8, 4) is 17.1 Å². The van der Waals surface area contributed by atoms with Crippen LogP contribution in [0.25, 0.3) is 11.4 Å². The Labute approximate surface area is 173 Å². The van der Waals surface area contributed by atoms with Crippen molar-refractivity contribution in [3.63, 3.8) is 0 Å². The number of rotatable bonds is 6. The third-order valence-electron chi connectivity index (χ3n) is 3.95. The molecule has 3 rings (SSSR count). The zero-order chi connectivity index (χ0) is 21.9. The maximum absolute atomic E-state index is 13.6. The number of carbonyl (C=O) groups is 1. The van der Waals surface area contributed by atoms with Crippen LogP contribution in [0.3, 0.4) is 0 Å². The Kier molecular flexibility index (Phi) is 6.25. The predicted octanol–water partition coefficient (Wildman–Crippen LogP) is 4.26. The fourth-order valence-corrected chi connectivity index (χ4v) is 2.69. The molecule has 158 valence electrons. The number of aryl methyl sites for hydroxylation is 1. The van der Waals surface area contributed by atoms with Crippen molar-refractivity contribution >= 4 is 17.5 Å². The van der Waals surface area contributed by atoms with Gasteiger partial charge in [-0.15, -0.1) is 13.2 Å². The summed E-state index contributed by atoms with van der Waals surface area (Å²) in [5.74, 6) is -0.762. The first-order valence-corrected chi connectivity index (χ1v) is 8.97. The molecule has 1 N–H and O–H groups in total. The molecule has 30 heavy (non-hydrogen) atoms. The van der Waals surface area contributed by atoms with Crippen LogP contribution in [0.2, 0.25) is 5.02 Å². The first-order chi connectivity index (χ1) is 14.1. The molecule has 0 atom stereocenters. The van der Waals surface area contributed by atoms with Crippen molar-refractivity contribution in [2.24, 2.45) is 0 Å². The Morgan fingerprint density at radius 2 is 2.00 bits per heavy atom. The van der Waals surface area contributed by atoms with Gasteiger partial charge in [0.1, 0.15) is 23.9 Å². The van der Waals surface area contributed by atoms with Gasteiger partial charge in [-0.1, -0.05) is 23.7 Å². The van der Waals surface area contributed by atoms with E-state index in [0.717, 1.165) is 0 Å². The zero-order valence-electron chi connectivity index (χ0n) is 15.5.